The summed E-state index contributed by atoms with van der Waals surface area (Å²) in [6, 6.07) is 0. The van der Waals surface area contributed by atoms with Gasteiger partial charge in [-0.25, -0.2) is 0 Å². The first-order chi connectivity index (χ1) is 9.81. The summed E-state index contributed by atoms with van der Waals surface area (Å²) in [5, 5.41) is 3.29. The largest absolute Gasteiger partial charge is 0.375 e. The van der Waals surface area contributed by atoms with Gasteiger partial charge in [-0.2, -0.15) is 0 Å². The lowest BCUT2D eigenvalue weighted by atomic mass is 10.1. The van der Waals surface area contributed by atoms with E-state index in [9.17, 15) is 4.79 Å². The Morgan fingerprint density at radius 1 is 1.00 bits per heavy atom. The van der Waals surface area contributed by atoms with Gasteiger partial charge in [0.1, 0.15) is 0 Å². The van der Waals surface area contributed by atoms with Gasteiger partial charge in [0.25, 0.3) is 0 Å². The molecule has 0 atom stereocenters. The van der Waals surface area contributed by atoms with Gasteiger partial charge in [-0.1, -0.05) is 12.8 Å². The van der Waals surface area contributed by atoms with Crippen molar-refractivity contribution >= 4 is 18.3 Å². The Kier molecular flexibility index (Phi) is 6.77. The van der Waals surface area contributed by atoms with Crippen molar-refractivity contribution in [3.05, 3.63) is 0 Å². The molecule has 0 spiro atoms. The van der Waals surface area contributed by atoms with Crippen molar-refractivity contribution in [1.82, 2.24) is 10.2 Å². The molecule has 3 rings (SSSR count). The zero-order valence-corrected chi connectivity index (χ0v) is 13.7. The van der Waals surface area contributed by atoms with Crippen molar-refractivity contribution in [2.24, 2.45) is 5.92 Å². The Morgan fingerprint density at radius 3 is 2.24 bits per heavy atom. The average Bonchev–Trinajstić information content (AvgIpc) is 3.15. The van der Waals surface area contributed by atoms with Gasteiger partial charge in [0.2, 0.25) is 5.91 Å². The zero-order chi connectivity index (χ0) is 13.8. The van der Waals surface area contributed by atoms with Gasteiger partial charge in [-0.15, -0.1) is 12.4 Å². The molecule has 1 N–H and O–H groups in total. The van der Waals surface area contributed by atoms with Crippen LogP contribution in [0, 0.1) is 5.92 Å². The number of amides is 1. The standard InChI is InChI=1S/C16H28N2O2.ClH/c19-16(12-17-11-13-5-6-13)18-9-7-15(8-10-18)20-14-3-1-2-4-14;/h13-15,17H,1-12H2;1H. The Hall–Kier alpha value is -0.320. The first-order valence-corrected chi connectivity index (χ1v) is 8.45. The van der Waals surface area contributed by atoms with E-state index < -0.39 is 0 Å². The minimum atomic E-state index is 0. The molecule has 2 aliphatic carbocycles. The summed E-state index contributed by atoms with van der Waals surface area (Å²) >= 11 is 0. The maximum atomic E-state index is 12.1. The van der Waals surface area contributed by atoms with Crippen LogP contribution in [0.4, 0.5) is 0 Å². The van der Waals surface area contributed by atoms with Crippen LogP contribution in [0.2, 0.25) is 0 Å². The molecule has 1 aliphatic heterocycles. The number of halogens is 1. The van der Waals surface area contributed by atoms with Gasteiger partial charge >= 0.3 is 0 Å². The van der Waals surface area contributed by atoms with Crippen LogP contribution in [-0.2, 0) is 9.53 Å². The first kappa shape index (κ1) is 17.0. The fourth-order valence-electron chi connectivity index (χ4n) is 3.35. The van der Waals surface area contributed by atoms with E-state index in [1.165, 1.54) is 38.5 Å². The number of nitrogens with zero attached hydrogens (tertiary/aromatic N) is 1. The number of likely N-dealkylation sites (tertiary alicyclic amines) is 1. The summed E-state index contributed by atoms with van der Waals surface area (Å²) in [6.45, 7) is 3.29. The maximum absolute atomic E-state index is 12.1. The molecule has 0 aromatic carbocycles. The van der Waals surface area contributed by atoms with E-state index in [1.54, 1.807) is 0 Å². The Morgan fingerprint density at radius 2 is 1.62 bits per heavy atom. The van der Waals surface area contributed by atoms with Crippen LogP contribution in [0.15, 0.2) is 0 Å². The van der Waals surface area contributed by atoms with Gasteiger partial charge in [0.15, 0.2) is 0 Å². The Labute approximate surface area is 134 Å². The molecular formula is C16H29ClN2O2. The number of nitrogens with one attached hydrogen (secondary N) is 1. The van der Waals surface area contributed by atoms with Gasteiger partial charge < -0.3 is 15.0 Å². The highest BCUT2D eigenvalue weighted by molar-refractivity contribution is 5.85. The molecule has 3 aliphatic rings. The molecule has 0 bridgehead atoms. The SMILES string of the molecule is Cl.O=C(CNCC1CC1)N1CCC(OC2CCCC2)CC1. The number of hydrogen-bond acceptors (Lipinski definition) is 3. The molecule has 1 amide bonds. The number of carbonyl (C=O) groups excluding carboxylic acids is 1. The predicted octanol–water partition coefficient (Wildman–Crippen LogP) is 2.36. The Balaban J connectivity index is 0.00000161. The van der Waals surface area contributed by atoms with Gasteiger partial charge in [0, 0.05) is 13.1 Å². The summed E-state index contributed by atoms with van der Waals surface area (Å²) in [7, 11) is 0. The second kappa shape index (κ2) is 8.35. The third-order valence-corrected chi connectivity index (χ3v) is 4.89. The van der Waals surface area contributed by atoms with E-state index >= 15 is 0 Å². The summed E-state index contributed by atoms with van der Waals surface area (Å²) in [5.74, 6) is 1.11. The highest BCUT2D eigenvalue weighted by atomic mass is 35.5. The van der Waals surface area contributed by atoms with Crippen LogP contribution >= 0.6 is 12.4 Å². The molecule has 0 aromatic rings. The number of hydrogen-bond donors (Lipinski definition) is 1. The second-order valence-corrected chi connectivity index (χ2v) is 6.70. The van der Waals surface area contributed by atoms with Gasteiger partial charge in [-0.05, 0) is 51.0 Å². The molecule has 0 unspecified atom stereocenters. The summed E-state index contributed by atoms with van der Waals surface area (Å²) < 4.78 is 6.15. The van der Waals surface area contributed by atoms with E-state index in [-0.39, 0.29) is 18.3 Å². The van der Waals surface area contributed by atoms with E-state index in [1.807, 2.05) is 4.90 Å². The third-order valence-electron chi connectivity index (χ3n) is 4.89. The van der Waals surface area contributed by atoms with E-state index in [0.29, 0.717) is 18.8 Å². The first-order valence-electron chi connectivity index (χ1n) is 8.45. The second-order valence-electron chi connectivity index (χ2n) is 6.70. The summed E-state index contributed by atoms with van der Waals surface area (Å²) in [4.78, 5) is 14.1. The van der Waals surface area contributed by atoms with Crippen molar-refractivity contribution in [1.29, 1.82) is 0 Å². The van der Waals surface area contributed by atoms with Crippen LogP contribution in [0.3, 0.4) is 0 Å². The molecule has 0 aromatic heterocycles. The number of piperidine rings is 1. The number of carbonyl (C=O) groups is 1. The molecule has 21 heavy (non-hydrogen) atoms. The highest BCUT2D eigenvalue weighted by Gasteiger charge is 2.27. The van der Waals surface area contributed by atoms with Crippen LogP contribution in [0.5, 0.6) is 0 Å². The molecular weight excluding hydrogens is 288 g/mol. The zero-order valence-electron chi connectivity index (χ0n) is 12.9. The quantitative estimate of drug-likeness (QED) is 0.818. The van der Waals surface area contributed by atoms with E-state index in [2.05, 4.69) is 5.32 Å². The monoisotopic (exact) mass is 316 g/mol. The lowest BCUT2D eigenvalue weighted by molar-refractivity contribution is -0.133. The minimum Gasteiger partial charge on any atom is -0.375 e. The predicted molar refractivity (Wildman–Crippen MR) is 85.8 cm³/mol. The lowest BCUT2D eigenvalue weighted by Crippen LogP contribution is -2.45. The van der Waals surface area contributed by atoms with Crippen LogP contribution < -0.4 is 5.32 Å². The number of ether oxygens (including phenoxy) is 1. The molecule has 2 saturated carbocycles. The molecule has 0 radical (unpaired) electrons. The van der Waals surface area contributed by atoms with Crippen molar-refractivity contribution < 1.29 is 9.53 Å². The normalized spacial score (nSPS) is 24.1. The van der Waals surface area contributed by atoms with E-state index in [4.69, 9.17) is 4.74 Å². The van der Waals surface area contributed by atoms with Gasteiger partial charge in [-0.3, -0.25) is 4.79 Å². The third kappa shape index (κ3) is 5.42. The topological polar surface area (TPSA) is 41.6 Å². The van der Waals surface area contributed by atoms with Crippen LogP contribution in [0.1, 0.15) is 51.4 Å². The van der Waals surface area contributed by atoms with Crippen LogP contribution in [0.25, 0.3) is 0 Å². The fourth-order valence-corrected chi connectivity index (χ4v) is 3.35. The molecule has 1 saturated heterocycles. The van der Waals surface area contributed by atoms with Crippen molar-refractivity contribution in [2.75, 3.05) is 26.2 Å². The number of rotatable bonds is 6. The summed E-state index contributed by atoms with van der Waals surface area (Å²) in [6.07, 6.45) is 10.7. The maximum Gasteiger partial charge on any atom is 0.236 e. The molecule has 3 fully saturated rings. The molecule has 1 heterocycles. The van der Waals surface area contributed by atoms with E-state index in [0.717, 1.165) is 38.4 Å². The molecule has 5 heteroatoms. The van der Waals surface area contributed by atoms with Crippen molar-refractivity contribution in [3.8, 4) is 0 Å². The molecule has 122 valence electrons. The fraction of sp³-hybridized carbons (Fsp3) is 0.938. The minimum absolute atomic E-state index is 0. The van der Waals surface area contributed by atoms with Crippen LogP contribution in [-0.4, -0.2) is 49.2 Å². The smallest absolute Gasteiger partial charge is 0.236 e. The van der Waals surface area contributed by atoms with Gasteiger partial charge in [0.05, 0.1) is 18.8 Å². The average molecular weight is 317 g/mol. The highest BCUT2D eigenvalue weighted by Crippen LogP contribution is 2.27. The van der Waals surface area contributed by atoms with Crippen molar-refractivity contribution in [3.63, 3.8) is 0 Å². The summed E-state index contributed by atoms with van der Waals surface area (Å²) in [5.41, 5.74) is 0. The van der Waals surface area contributed by atoms with Crippen molar-refractivity contribution in [2.45, 2.75) is 63.6 Å². The molecule has 4 nitrogen and oxygen atoms in total. The lowest BCUT2D eigenvalue weighted by Gasteiger charge is -2.33. The Bertz CT molecular complexity index is 322.